The van der Waals surface area contributed by atoms with E-state index in [1.807, 2.05) is 18.2 Å². The summed E-state index contributed by atoms with van der Waals surface area (Å²) in [4.78, 5) is 11.1. The lowest BCUT2D eigenvalue weighted by atomic mass is 10.1. The van der Waals surface area contributed by atoms with E-state index < -0.39 is 0 Å². The molecule has 2 fully saturated rings. The fourth-order valence-corrected chi connectivity index (χ4v) is 3.27. The lowest BCUT2D eigenvalue weighted by Crippen LogP contribution is -2.59. The van der Waals surface area contributed by atoms with Crippen LogP contribution in [0.4, 0.5) is 5.82 Å². The van der Waals surface area contributed by atoms with E-state index in [0.29, 0.717) is 11.1 Å². The summed E-state index contributed by atoms with van der Waals surface area (Å²) < 4.78 is 5.98. The molecule has 1 saturated heterocycles. The molecule has 1 aliphatic heterocycles. The second-order valence-corrected chi connectivity index (χ2v) is 6.60. The second-order valence-electron chi connectivity index (χ2n) is 6.16. The first-order chi connectivity index (χ1) is 10.8. The molecule has 3 aromatic rings. The lowest BCUT2D eigenvalue weighted by molar-refractivity contribution is 0.414. The van der Waals surface area contributed by atoms with Crippen LogP contribution in [0, 0.1) is 0 Å². The van der Waals surface area contributed by atoms with Crippen LogP contribution < -0.4 is 10.2 Å². The van der Waals surface area contributed by atoms with Crippen LogP contribution in [0.15, 0.2) is 28.9 Å². The van der Waals surface area contributed by atoms with Gasteiger partial charge in [0.25, 0.3) is 0 Å². The summed E-state index contributed by atoms with van der Waals surface area (Å²) in [7, 11) is 0. The maximum absolute atomic E-state index is 6.09. The highest BCUT2D eigenvalue weighted by atomic mass is 35.5. The van der Waals surface area contributed by atoms with Gasteiger partial charge in [0.15, 0.2) is 11.4 Å². The predicted molar refractivity (Wildman–Crippen MR) is 86.5 cm³/mol. The Hall–Kier alpha value is -1.85. The molecule has 0 unspecified atom stereocenters. The van der Waals surface area contributed by atoms with Gasteiger partial charge in [-0.05, 0) is 31.0 Å². The van der Waals surface area contributed by atoms with E-state index in [-0.39, 0.29) is 0 Å². The van der Waals surface area contributed by atoms with Crippen molar-refractivity contribution in [3.05, 3.63) is 29.5 Å². The van der Waals surface area contributed by atoms with Crippen LogP contribution in [0.3, 0.4) is 0 Å². The number of furan rings is 1. The number of rotatable bonds is 3. The van der Waals surface area contributed by atoms with Crippen molar-refractivity contribution in [3.8, 4) is 0 Å². The molecule has 5 rings (SSSR count). The van der Waals surface area contributed by atoms with Gasteiger partial charge in [0, 0.05) is 35.6 Å². The van der Waals surface area contributed by atoms with Gasteiger partial charge in [0.05, 0.1) is 0 Å². The van der Waals surface area contributed by atoms with Crippen LogP contribution in [-0.2, 0) is 0 Å². The number of aromatic nitrogens is 2. The smallest absolute Gasteiger partial charge is 0.196 e. The molecule has 0 spiro atoms. The molecule has 2 aromatic heterocycles. The molecule has 1 aromatic carbocycles. The summed E-state index contributed by atoms with van der Waals surface area (Å²) >= 11 is 6.09. The van der Waals surface area contributed by atoms with E-state index in [0.717, 1.165) is 47.0 Å². The molecule has 0 amide bonds. The molecule has 1 N–H and O–H groups in total. The standard InChI is InChI=1S/C16H15ClN4O/c17-9-1-4-13-12(5-9)14-15(22-13)16(19-8-18-14)21-6-11(7-21)20-10-2-3-10/h1,4-5,8,10-11,20H,2-3,6-7H2. The lowest BCUT2D eigenvalue weighted by Gasteiger charge is -2.40. The first-order valence-electron chi connectivity index (χ1n) is 7.62. The van der Waals surface area contributed by atoms with Crippen LogP contribution in [-0.4, -0.2) is 35.1 Å². The SMILES string of the molecule is Clc1ccc2oc3c(N4CC(NC5CC5)C4)ncnc3c2c1. The van der Waals surface area contributed by atoms with Gasteiger partial charge in [-0.3, -0.25) is 0 Å². The van der Waals surface area contributed by atoms with Gasteiger partial charge >= 0.3 is 0 Å². The number of fused-ring (bicyclic) bond motifs is 3. The highest BCUT2D eigenvalue weighted by Crippen LogP contribution is 2.35. The zero-order valence-electron chi connectivity index (χ0n) is 11.9. The van der Waals surface area contributed by atoms with E-state index in [1.165, 1.54) is 12.8 Å². The third kappa shape index (κ3) is 1.96. The van der Waals surface area contributed by atoms with Crippen LogP contribution in [0.1, 0.15) is 12.8 Å². The minimum Gasteiger partial charge on any atom is -0.450 e. The summed E-state index contributed by atoms with van der Waals surface area (Å²) in [5, 5.41) is 5.27. The van der Waals surface area contributed by atoms with Gasteiger partial charge in [0.2, 0.25) is 0 Å². The highest BCUT2D eigenvalue weighted by molar-refractivity contribution is 6.31. The maximum Gasteiger partial charge on any atom is 0.196 e. The second kappa shape index (κ2) is 4.57. The Kier molecular flexibility index (Phi) is 2.63. The van der Waals surface area contributed by atoms with Crippen molar-refractivity contribution < 1.29 is 4.42 Å². The van der Waals surface area contributed by atoms with Crippen LogP contribution >= 0.6 is 11.6 Å². The largest absolute Gasteiger partial charge is 0.450 e. The van der Waals surface area contributed by atoms with Gasteiger partial charge in [-0.2, -0.15) is 0 Å². The Balaban J connectivity index is 1.52. The van der Waals surface area contributed by atoms with E-state index in [4.69, 9.17) is 16.0 Å². The highest BCUT2D eigenvalue weighted by Gasteiger charge is 2.34. The predicted octanol–water partition coefficient (Wildman–Crippen LogP) is 2.97. The summed E-state index contributed by atoms with van der Waals surface area (Å²) in [5.74, 6) is 0.881. The summed E-state index contributed by atoms with van der Waals surface area (Å²) in [6, 6.07) is 6.92. The molecule has 22 heavy (non-hydrogen) atoms. The van der Waals surface area contributed by atoms with Crippen molar-refractivity contribution >= 4 is 39.5 Å². The van der Waals surface area contributed by atoms with E-state index in [9.17, 15) is 0 Å². The van der Waals surface area contributed by atoms with Gasteiger partial charge in [-0.15, -0.1) is 0 Å². The molecule has 112 valence electrons. The Morgan fingerprint density at radius 2 is 2.05 bits per heavy atom. The fourth-order valence-electron chi connectivity index (χ4n) is 3.10. The quantitative estimate of drug-likeness (QED) is 0.805. The normalized spacial score (nSPS) is 19.0. The minimum absolute atomic E-state index is 0.566. The van der Waals surface area contributed by atoms with Crippen molar-refractivity contribution in [2.75, 3.05) is 18.0 Å². The molecular weight excluding hydrogens is 300 g/mol. The zero-order chi connectivity index (χ0) is 14.7. The molecule has 0 radical (unpaired) electrons. The number of benzene rings is 1. The summed E-state index contributed by atoms with van der Waals surface area (Å²) in [6.07, 6.45) is 4.24. The van der Waals surface area contributed by atoms with E-state index >= 15 is 0 Å². The van der Waals surface area contributed by atoms with Gasteiger partial charge in [-0.25, -0.2) is 9.97 Å². The minimum atomic E-state index is 0.566. The molecular formula is C16H15ClN4O. The zero-order valence-corrected chi connectivity index (χ0v) is 12.7. The molecule has 2 aliphatic rings. The molecule has 1 aliphatic carbocycles. The monoisotopic (exact) mass is 314 g/mol. The summed E-state index contributed by atoms with van der Waals surface area (Å²) in [5.41, 5.74) is 2.39. The fraction of sp³-hybridized carbons (Fsp3) is 0.375. The number of nitrogens with one attached hydrogen (secondary N) is 1. The van der Waals surface area contributed by atoms with Crippen molar-refractivity contribution in [3.63, 3.8) is 0 Å². The molecule has 3 heterocycles. The Morgan fingerprint density at radius 1 is 1.18 bits per heavy atom. The van der Waals surface area contributed by atoms with Crippen molar-refractivity contribution in [1.82, 2.24) is 15.3 Å². The van der Waals surface area contributed by atoms with Gasteiger partial charge in [0.1, 0.15) is 17.4 Å². The first-order valence-corrected chi connectivity index (χ1v) is 7.99. The number of hydrogen-bond acceptors (Lipinski definition) is 5. The Labute approximate surface area is 132 Å². The number of anilines is 1. The Bertz CT molecular complexity index is 867. The average molecular weight is 315 g/mol. The van der Waals surface area contributed by atoms with E-state index in [2.05, 4.69) is 20.2 Å². The van der Waals surface area contributed by atoms with Crippen LogP contribution in [0.2, 0.25) is 5.02 Å². The maximum atomic E-state index is 6.09. The number of nitrogens with zero attached hydrogens (tertiary/aromatic N) is 3. The van der Waals surface area contributed by atoms with Gasteiger partial charge < -0.3 is 14.6 Å². The average Bonchev–Trinajstić information content (AvgIpc) is 3.22. The first kappa shape index (κ1) is 12.7. The molecule has 1 saturated carbocycles. The van der Waals surface area contributed by atoms with E-state index in [1.54, 1.807) is 6.33 Å². The van der Waals surface area contributed by atoms with Crippen LogP contribution in [0.5, 0.6) is 0 Å². The van der Waals surface area contributed by atoms with Crippen molar-refractivity contribution in [2.24, 2.45) is 0 Å². The third-order valence-corrected chi connectivity index (χ3v) is 4.66. The number of halogens is 1. The molecule has 5 nitrogen and oxygen atoms in total. The molecule has 0 bridgehead atoms. The summed E-state index contributed by atoms with van der Waals surface area (Å²) in [6.45, 7) is 1.95. The van der Waals surface area contributed by atoms with Crippen LogP contribution in [0.25, 0.3) is 22.1 Å². The molecule has 0 atom stereocenters. The molecule has 6 heteroatoms. The topological polar surface area (TPSA) is 54.2 Å². The third-order valence-electron chi connectivity index (χ3n) is 4.42. The number of hydrogen-bond donors (Lipinski definition) is 1. The Morgan fingerprint density at radius 3 is 2.86 bits per heavy atom. The van der Waals surface area contributed by atoms with Crippen molar-refractivity contribution in [2.45, 2.75) is 24.9 Å². The van der Waals surface area contributed by atoms with Crippen molar-refractivity contribution in [1.29, 1.82) is 0 Å². The van der Waals surface area contributed by atoms with Gasteiger partial charge in [-0.1, -0.05) is 11.6 Å².